The van der Waals surface area contributed by atoms with E-state index in [0.29, 0.717) is 13.0 Å². The van der Waals surface area contributed by atoms with E-state index in [1.807, 2.05) is 35.9 Å². The molecule has 2 heterocycles. The van der Waals surface area contributed by atoms with Crippen LogP contribution in [0.25, 0.3) is 11.0 Å². The van der Waals surface area contributed by atoms with Gasteiger partial charge in [-0.25, -0.2) is 9.67 Å². The fourth-order valence-corrected chi connectivity index (χ4v) is 3.82. The summed E-state index contributed by atoms with van der Waals surface area (Å²) in [6.07, 6.45) is 5.76. The lowest BCUT2D eigenvalue weighted by atomic mass is 10.1. The average molecular weight is 379 g/mol. The summed E-state index contributed by atoms with van der Waals surface area (Å²) in [5, 5.41) is 7.33. The Morgan fingerprint density at radius 1 is 1.18 bits per heavy atom. The zero-order chi connectivity index (χ0) is 19.5. The first-order valence-corrected chi connectivity index (χ1v) is 9.89. The molecule has 0 spiro atoms. The molecule has 1 aliphatic carbocycles. The van der Waals surface area contributed by atoms with Crippen LogP contribution in [-0.2, 0) is 37.6 Å². The molecule has 28 heavy (non-hydrogen) atoms. The monoisotopic (exact) mass is 379 g/mol. The molecule has 7 nitrogen and oxygen atoms in total. The van der Waals surface area contributed by atoms with E-state index in [1.165, 1.54) is 4.68 Å². The Morgan fingerprint density at radius 3 is 2.86 bits per heavy atom. The van der Waals surface area contributed by atoms with Gasteiger partial charge in [0.15, 0.2) is 0 Å². The molecule has 0 saturated heterocycles. The van der Waals surface area contributed by atoms with Gasteiger partial charge in [-0.05, 0) is 43.4 Å². The predicted molar refractivity (Wildman–Crippen MR) is 107 cm³/mol. The Labute approximate surface area is 163 Å². The van der Waals surface area contributed by atoms with Gasteiger partial charge >= 0.3 is 0 Å². The number of nitrogens with one attached hydrogen (secondary N) is 1. The van der Waals surface area contributed by atoms with Crippen molar-refractivity contribution in [3.8, 4) is 0 Å². The van der Waals surface area contributed by atoms with Crippen molar-refractivity contribution in [1.82, 2.24) is 24.6 Å². The average Bonchev–Trinajstić information content (AvgIpc) is 2.85. The zero-order valence-electron chi connectivity index (χ0n) is 16.1. The van der Waals surface area contributed by atoms with Crippen molar-refractivity contribution in [2.75, 3.05) is 6.54 Å². The number of carbonyl (C=O) groups is 1. The lowest BCUT2D eigenvalue weighted by Gasteiger charge is -2.10. The van der Waals surface area contributed by atoms with Gasteiger partial charge in [0.25, 0.3) is 5.56 Å². The number of aromatic nitrogens is 4. The molecule has 7 heteroatoms. The van der Waals surface area contributed by atoms with Gasteiger partial charge in [-0.1, -0.05) is 18.6 Å². The van der Waals surface area contributed by atoms with Gasteiger partial charge in [0, 0.05) is 26.1 Å². The Kier molecular flexibility index (Phi) is 5.23. The second-order valence-corrected chi connectivity index (χ2v) is 7.35. The fraction of sp³-hybridized carbons (Fsp3) is 0.429. The molecule has 0 atom stereocenters. The largest absolute Gasteiger partial charge is 0.354 e. The van der Waals surface area contributed by atoms with E-state index in [2.05, 4.69) is 15.4 Å². The SMILES string of the molecule is Cn1c(CCNC(=O)Cn2nc3c(cc2=O)CCCCC3)nc2ccccc21. The van der Waals surface area contributed by atoms with Crippen LogP contribution in [0.3, 0.4) is 0 Å². The molecular weight excluding hydrogens is 354 g/mol. The smallest absolute Gasteiger partial charge is 0.267 e. The minimum absolute atomic E-state index is 0.0470. The number of hydrogen-bond donors (Lipinski definition) is 1. The van der Waals surface area contributed by atoms with Crippen molar-refractivity contribution in [2.24, 2.45) is 7.05 Å². The van der Waals surface area contributed by atoms with Gasteiger partial charge in [0.1, 0.15) is 12.4 Å². The van der Waals surface area contributed by atoms with Crippen molar-refractivity contribution in [3.63, 3.8) is 0 Å². The molecule has 0 aliphatic heterocycles. The molecular formula is C21H25N5O2. The number of benzene rings is 1. The van der Waals surface area contributed by atoms with Crippen LogP contribution in [0, 0.1) is 0 Å². The van der Waals surface area contributed by atoms with Crippen molar-refractivity contribution >= 4 is 16.9 Å². The maximum atomic E-state index is 12.3. The third kappa shape index (κ3) is 3.83. The van der Waals surface area contributed by atoms with E-state index in [1.54, 1.807) is 6.07 Å². The number of aryl methyl sites for hydroxylation is 3. The number of hydrogen-bond acceptors (Lipinski definition) is 4. The van der Waals surface area contributed by atoms with Crippen LogP contribution in [0.4, 0.5) is 0 Å². The van der Waals surface area contributed by atoms with Crippen LogP contribution in [-0.4, -0.2) is 31.8 Å². The van der Waals surface area contributed by atoms with Crippen molar-refractivity contribution < 1.29 is 4.79 Å². The molecule has 146 valence electrons. The molecule has 0 bridgehead atoms. The first-order chi connectivity index (χ1) is 13.6. The number of rotatable bonds is 5. The van der Waals surface area contributed by atoms with Crippen LogP contribution in [0.5, 0.6) is 0 Å². The zero-order valence-corrected chi connectivity index (χ0v) is 16.1. The second kappa shape index (κ2) is 7.96. The second-order valence-electron chi connectivity index (χ2n) is 7.35. The van der Waals surface area contributed by atoms with Gasteiger partial charge in [0.2, 0.25) is 5.91 Å². The van der Waals surface area contributed by atoms with Crippen LogP contribution in [0.15, 0.2) is 35.1 Å². The summed E-state index contributed by atoms with van der Waals surface area (Å²) in [5.41, 5.74) is 3.83. The number of para-hydroxylation sites is 2. The Hall–Kier alpha value is -2.96. The van der Waals surface area contributed by atoms with Crippen LogP contribution >= 0.6 is 0 Å². The third-order valence-corrected chi connectivity index (χ3v) is 5.37. The summed E-state index contributed by atoms with van der Waals surface area (Å²) >= 11 is 0. The maximum absolute atomic E-state index is 12.3. The lowest BCUT2D eigenvalue weighted by Crippen LogP contribution is -2.35. The Balaban J connectivity index is 1.37. The molecule has 0 fully saturated rings. The van der Waals surface area contributed by atoms with Crippen LogP contribution in [0.2, 0.25) is 0 Å². The van der Waals surface area contributed by atoms with Crippen LogP contribution < -0.4 is 10.9 Å². The standard InChI is InChI=1S/C21H25N5O2/c1-25-18-10-6-5-9-17(18)23-19(25)11-12-22-20(27)14-26-21(28)13-15-7-3-2-4-8-16(15)24-26/h5-6,9-10,13H,2-4,7-8,11-12,14H2,1H3,(H,22,27). The molecule has 2 aromatic heterocycles. The molecule has 1 aliphatic rings. The molecule has 1 aromatic carbocycles. The first kappa shape index (κ1) is 18.4. The van der Waals surface area contributed by atoms with Gasteiger partial charge in [0.05, 0.1) is 16.7 Å². The number of carbonyl (C=O) groups excluding carboxylic acids is 1. The van der Waals surface area contributed by atoms with E-state index in [9.17, 15) is 9.59 Å². The molecule has 0 radical (unpaired) electrons. The summed E-state index contributed by atoms with van der Waals surface area (Å²) in [4.78, 5) is 29.2. The van der Waals surface area contributed by atoms with Crippen molar-refractivity contribution in [3.05, 3.63) is 57.8 Å². The van der Waals surface area contributed by atoms with E-state index < -0.39 is 0 Å². The summed E-state index contributed by atoms with van der Waals surface area (Å²) < 4.78 is 3.33. The molecule has 0 saturated carbocycles. The highest BCUT2D eigenvalue weighted by Gasteiger charge is 2.14. The Bertz CT molecular complexity index is 1070. The first-order valence-electron chi connectivity index (χ1n) is 9.89. The summed E-state index contributed by atoms with van der Waals surface area (Å²) in [5.74, 6) is 0.712. The highest BCUT2D eigenvalue weighted by molar-refractivity contribution is 5.76. The fourth-order valence-electron chi connectivity index (χ4n) is 3.82. The van der Waals surface area contributed by atoms with Crippen molar-refractivity contribution in [1.29, 1.82) is 0 Å². The van der Waals surface area contributed by atoms with Crippen LogP contribution in [0.1, 0.15) is 36.3 Å². The topological polar surface area (TPSA) is 81.8 Å². The molecule has 4 rings (SSSR count). The van der Waals surface area contributed by atoms with Gasteiger partial charge in [-0.15, -0.1) is 0 Å². The van der Waals surface area contributed by atoms with Gasteiger partial charge < -0.3 is 9.88 Å². The van der Waals surface area contributed by atoms with E-state index in [0.717, 1.165) is 60.2 Å². The number of nitrogens with zero attached hydrogens (tertiary/aromatic N) is 4. The van der Waals surface area contributed by atoms with E-state index in [-0.39, 0.29) is 18.0 Å². The summed E-state index contributed by atoms with van der Waals surface area (Å²) in [6, 6.07) is 9.61. The van der Waals surface area contributed by atoms with Crippen molar-refractivity contribution in [2.45, 2.75) is 45.1 Å². The quantitative estimate of drug-likeness (QED) is 0.685. The third-order valence-electron chi connectivity index (χ3n) is 5.37. The minimum atomic E-state index is -0.207. The molecule has 0 unspecified atom stereocenters. The van der Waals surface area contributed by atoms with E-state index >= 15 is 0 Å². The molecule has 1 amide bonds. The summed E-state index contributed by atoms with van der Waals surface area (Å²) in [7, 11) is 1.98. The summed E-state index contributed by atoms with van der Waals surface area (Å²) in [6.45, 7) is 0.421. The minimum Gasteiger partial charge on any atom is -0.354 e. The number of fused-ring (bicyclic) bond motifs is 2. The Morgan fingerprint density at radius 2 is 2.00 bits per heavy atom. The number of imidazole rings is 1. The normalized spacial score (nSPS) is 13.9. The predicted octanol–water partition coefficient (Wildman–Crippen LogP) is 1.76. The highest BCUT2D eigenvalue weighted by Crippen LogP contribution is 2.17. The maximum Gasteiger partial charge on any atom is 0.267 e. The lowest BCUT2D eigenvalue weighted by molar-refractivity contribution is -0.121. The van der Waals surface area contributed by atoms with E-state index in [4.69, 9.17) is 0 Å². The highest BCUT2D eigenvalue weighted by atomic mass is 16.2. The molecule has 3 aromatic rings. The van der Waals surface area contributed by atoms with Gasteiger partial charge in [-0.2, -0.15) is 5.10 Å². The number of amides is 1. The molecule has 1 N–H and O–H groups in total. The van der Waals surface area contributed by atoms with Gasteiger partial charge in [-0.3, -0.25) is 9.59 Å².